The van der Waals surface area contributed by atoms with Crippen LogP contribution in [0.4, 0.5) is 0 Å². The van der Waals surface area contributed by atoms with Gasteiger partial charge in [-0.15, -0.1) is 0 Å². The number of carbonyl (C=O) groups is 1. The van der Waals surface area contributed by atoms with E-state index in [9.17, 15) is 4.79 Å². The summed E-state index contributed by atoms with van der Waals surface area (Å²) < 4.78 is 13.1. The van der Waals surface area contributed by atoms with Crippen LogP contribution < -0.4 is 10.1 Å². The lowest BCUT2D eigenvalue weighted by molar-refractivity contribution is -0.131. The molecule has 1 atom stereocenters. The van der Waals surface area contributed by atoms with Crippen LogP contribution in [0.2, 0.25) is 0 Å². The molecule has 1 aliphatic rings. The molecule has 1 aliphatic heterocycles. The van der Waals surface area contributed by atoms with Gasteiger partial charge in [-0.05, 0) is 61.1 Å². The average molecular weight is 454 g/mol. The molecule has 0 radical (unpaired) electrons. The minimum Gasteiger partial charge on any atom is -0.497 e. The monoisotopic (exact) mass is 453 g/mol. The number of nitrogens with one attached hydrogen (secondary N) is 1. The fraction of sp³-hybridized carbons (Fsp3) is 0.440. The van der Waals surface area contributed by atoms with Gasteiger partial charge >= 0.3 is 0 Å². The normalized spacial score (nSPS) is 16.6. The van der Waals surface area contributed by atoms with Crippen molar-refractivity contribution >= 4 is 28.7 Å². The zero-order valence-electron chi connectivity index (χ0n) is 19.0. The summed E-state index contributed by atoms with van der Waals surface area (Å²) in [5.74, 6) is 2.66. The Labute approximate surface area is 193 Å². The molecule has 1 aromatic heterocycles. The van der Waals surface area contributed by atoms with E-state index in [2.05, 4.69) is 22.2 Å². The number of para-hydroxylation sites is 2. The van der Waals surface area contributed by atoms with E-state index in [1.165, 1.54) is 0 Å². The van der Waals surface area contributed by atoms with E-state index in [4.69, 9.17) is 14.5 Å². The molecule has 32 heavy (non-hydrogen) atoms. The number of thioether (sulfide) groups is 1. The van der Waals surface area contributed by atoms with Gasteiger partial charge < -0.3 is 19.4 Å². The van der Waals surface area contributed by atoms with Crippen LogP contribution in [0.5, 0.6) is 5.75 Å². The molecule has 170 valence electrons. The molecule has 0 saturated carbocycles. The molecule has 2 aromatic carbocycles. The molecule has 0 aliphatic carbocycles. The van der Waals surface area contributed by atoms with E-state index in [1.54, 1.807) is 18.9 Å². The predicted octanol–water partition coefficient (Wildman–Crippen LogP) is 4.24. The number of benzene rings is 2. The van der Waals surface area contributed by atoms with E-state index in [0.29, 0.717) is 26.1 Å². The van der Waals surface area contributed by atoms with Crippen molar-refractivity contribution in [1.82, 2.24) is 14.9 Å². The van der Waals surface area contributed by atoms with Gasteiger partial charge in [-0.25, -0.2) is 4.98 Å². The molecule has 1 fully saturated rings. The lowest BCUT2D eigenvalue weighted by Gasteiger charge is -2.37. The SMILES string of the molecule is COc1ccc(C2(C(=O)N[C@@H](CCSC)c3nc4ccccc4n3C)CCOCC2)cc1. The molecule has 2 heterocycles. The topological polar surface area (TPSA) is 65.4 Å². The van der Waals surface area contributed by atoms with Crippen molar-refractivity contribution in [2.24, 2.45) is 7.05 Å². The van der Waals surface area contributed by atoms with Gasteiger partial charge in [0.2, 0.25) is 5.91 Å². The van der Waals surface area contributed by atoms with E-state index >= 15 is 0 Å². The van der Waals surface area contributed by atoms with E-state index < -0.39 is 5.41 Å². The number of nitrogens with zero attached hydrogens (tertiary/aromatic N) is 2. The highest BCUT2D eigenvalue weighted by Crippen LogP contribution is 2.37. The lowest BCUT2D eigenvalue weighted by Crippen LogP contribution is -2.49. The van der Waals surface area contributed by atoms with Crippen LogP contribution in [-0.2, 0) is 22.0 Å². The largest absolute Gasteiger partial charge is 0.497 e. The third-order valence-corrected chi connectivity index (χ3v) is 7.12. The van der Waals surface area contributed by atoms with Crippen LogP contribution in [0.15, 0.2) is 48.5 Å². The van der Waals surface area contributed by atoms with Gasteiger partial charge in [0.15, 0.2) is 0 Å². The number of aryl methyl sites for hydroxylation is 1. The highest BCUT2D eigenvalue weighted by atomic mass is 32.2. The molecule has 0 spiro atoms. The zero-order chi connectivity index (χ0) is 22.6. The molecule has 3 aromatic rings. The molecule has 1 N–H and O–H groups in total. The molecule has 4 rings (SSSR count). The maximum atomic E-state index is 13.9. The first-order valence-electron chi connectivity index (χ1n) is 11.0. The standard InChI is InChI=1S/C25H31N3O3S/c1-28-22-7-5-4-6-20(22)26-23(28)21(12-17-32-3)27-24(29)25(13-15-31-16-14-25)18-8-10-19(30-2)11-9-18/h4-11,21H,12-17H2,1-3H3,(H,27,29)/t21-/m0/s1. The highest BCUT2D eigenvalue weighted by molar-refractivity contribution is 7.98. The van der Waals surface area contributed by atoms with Crippen LogP contribution in [0.3, 0.4) is 0 Å². The van der Waals surface area contributed by atoms with Crippen LogP contribution in [0.25, 0.3) is 11.0 Å². The van der Waals surface area contributed by atoms with Crippen LogP contribution >= 0.6 is 11.8 Å². The number of ether oxygens (including phenoxy) is 2. The Bertz CT molecular complexity index is 1060. The first-order valence-corrected chi connectivity index (χ1v) is 12.4. The fourth-order valence-corrected chi connectivity index (χ4v) is 5.02. The fourth-order valence-electron chi connectivity index (χ4n) is 4.55. The van der Waals surface area contributed by atoms with Crippen molar-refractivity contribution in [3.8, 4) is 5.75 Å². The van der Waals surface area contributed by atoms with E-state index in [-0.39, 0.29) is 11.9 Å². The van der Waals surface area contributed by atoms with Gasteiger partial charge in [-0.3, -0.25) is 4.79 Å². The Morgan fingerprint density at radius 2 is 1.94 bits per heavy atom. The predicted molar refractivity (Wildman–Crippen MR) is 129 cm³/mol. The van der Waals surface area contributed by atoms with Crippen LogP contribution in [-0.4, -0.2) is 47.8 Å². The Morgan fingerprint density at radius 3 is 2.59 bits per heavy atom. The number of methoxy groups -OCH3 is 1. The molecule has 6 nitrogen and oxygen atoms in total. The molecule has 1 saturated heterocycles. The van der Waals surface area contributed by atoms with E-state index in [0.717, 1.165) is 40.3 Å². The van der Waals surface area contributed by atoms with Crippen molar-refractivity contribution < 1.29 is 14.3 Å². The Balaban J connectivity index is 1.67. The second kappa shape index (κ2) is 9.96. The quantitative estimate of drug-likeness (QED) is 0.553. The minimum absolute atomic E-state index is 0.0455. The molecule has 0 bridgehead atoms. The van der Waals surface area contributed by atoms with Crippen molar-refractivity contribution in [3.63, 3.8) is 0 Å². The molecule has 7 heteroatoms. The summed E-state index contributed by atoms with van der Waals surface area (Å²) in [7, 11) is 3.68. The number of amides is 1. The van der Waals surface area contributed by atoms with Gasteiger partial charge in [0.25, 0.3) is 0 Å². The van der Waals surface area contributed by atoms with Gasteiger partial charge in [0.05, 0.1) is 29.6 Å². The summed E-state index contributed by atoms with van der Waals surface area (Å²) in [6.45, 7) is 1.14. The number of rotatable bonds is 8. The maximum absolute atomic E-state index is 13.9. The molecule has 0 unspecified atom stereocenters. The number of carbonyl (C=O) groups excluding carboxylic acids is 1. The number of imidazole rings is 1. The smallest absolute Gasteiger partial charge is 0.231 e. The summed E-state index contributed by atoms with van der Waals surface area (Å²) in [5.41, 5.74) is 2.41. The number of fused-ring (bicyclic) bond motifs is 1. The van der Waals surface area contributed by atoms with Gasteiger partial charge in [-0.2, -0.15) is 11.8 Å². The molecular formula is C25H31N3O3S. The van der Waals surface area contributed by atoms with Gasteiger partial charge in [0.1, 0.15) is 11.6 Å². The Kier molecular flexibility index (Phi) is 7.06. The molecule has 1 amide bonds. The van der Waals surface area contributed by atoms with E-state index in [1.807, 2.05) is 49.5 Å². The number of hydrogen-bond acceptors (Lipinski definition) is 5. The van der Waals surface area contributed by atoms with Crippen molar-refractivity contribution in [2.75, 3.05) is 32.3 Å². The van der Waals surface area contributed by atoms with Crippen molar-refractivity contribution in [1.29, 1.82) is 0 Å². The summed E-state index contributed by atoms with van der Waals surface area (Å²) in [4.78, 5) is 18.8. The minimum atomic E-state index is -0.618. The highest BCUT2D eigenvalue weighted by Gasteiger charge is 2.42. The van der Waals surface area contributed by atoms with Crippen LogP contribution in [0.1, 0.15) is 36.7 Å². The lowest BCUT2D eigenvalue weighted by atomic mass is 9.73. The summed E-state index contributed by atoms with van der Waals surface area (Å²) in [6, 6.07) is 15.8. The first-order chi connectivity index (χ1) is 15.6. The third-order valence-electron chi connectivity index (χ3n) is 6.47. The van der Waals surface area contributed by atoms with Crippen LogP contribution in [0, 0.1) is 0 Å². The Hall–Kier alpha value is -2.51. The second-order valence-corrected chi connectivity index (χ2v) is 9.23. The number of aromatic nitrogens is 2. The Morgan fingerprint density at radius 1 is 1.22 bits per heavy atom. The van der Waals surface area contributed by atoms with Crippen molar-refractivity contribution in [3.05, 3.63) is 59.9 Å². The summed E-state index contributed by atoms with van der Waals surface area (Å²) >= 11 is 1.78. The molecular weight excluding hydrogens is 422 g/mol. The maximum Gasteiger partial charge on any atom is 0.231 e. The van der Waals surface area contributed by atoms with Crippen molar-refractivity contribution in [2.45, 2.75) is 30.7 Å². The third kappa shape index (κ3) is 4.36. The van der Waals surface area contributed by atoms with Gasteiger partial charge in [-0.1, -0.05) is 24.3 Å². The first kappa shape index (κ1) is 22.7. The zero-order valence-corrected chi connectivity index (χ0v) is 19.8. The number of hydrogen-bond donors (Lipinski definition) is 1. The van der Waals surface area contributed by atoms with Gasteiger partial charge in [0, 0.05) is 20.3 Å². The summed E-state index contributed by atoms with van der Waals surface area (Å²) in [5, 5.41) is 3.39. The summed E-state index contributed by atoms with van der Waals surface area (Å²) in [6.07, 6.45) is 4.22. The average Bonchev–Trinajstić information content (AvgIpc) is 3.18. The second-order valence-electron chi connectivity index (χ2n) is 8.25.